The van der Waals surface area contributed by atoms with Gasteiger partial charge in [-0.1, -0.05) is 46.8 Å². The third-order valence-electron chi connectivity index (χ3n) is 3.98. The molecule has 0 radical (unpaired) electrons. The van der Waals surface area contributed by atoms with Crippen LogP contribution in [0.5, 0.6) is 11.5 Å². The molecule has 2 aromatic carbocycles. The molecule has 2 aromatic rings. The minimum Gasteiger partial charge on any atom is -0.496 e. The molecule has 1 heterocycles. The highest BCUT2D eigenvalue weighted by atomic mass is 79.9. The van der Waals surface area contributed by atoms with Crippen molar-refractivity contribution >= 4 is 26.0 Å². The summed E-state index contributed by atoms with van der Waals surface area (Å²) in [6, 6.07) is 11.1. The van der Waals surface area contributed by atoms with E-state index in [1.165, 1.54) is 0 Å². The molecule has 0 saturated heterocycles. The molecular weight excluding hydrogens is 406 g/mol. The van der Waals surface area contributed by atoms with Crippen LogP contribution in [0, 0.1) is 0 Å². The number of hydrogen-bond donors (Lipinski definition) is 1. The van der Waals surface area contributed by atoms with Crippen LogP contribution < -0.4 is 14.6 Å². The second-order valence-corrected chi connectivity index (χ2v) is 8.63. The number of halogens is 1. The first kappa shape index (κ1) is 18.0. The largest absolute Gasteiger partial charge is 0.496 e. The molecule has 132 valence electrons. The number of ether oxygens (including phenoxy) is 2. The highest BCUT2D eigenvalue weighted by molar-refractivity contribution is 9.11. The van der Waals surface area contributed by atoms with Gasteiger partial charge in [-0.2, -0.15) is 0 Å². The molecule has 0 saturated carbocycles. The van der Waals surface area contributed by atoms with Gasteiger partial charge in [-0.05, 0) is 27.7 Å². The number of benzene rings is 2. The Bertz CT molecular complexity index is 940. The Kier molecular flexibility index (Phi) is 4.90. The molecule has 0 fully saturated rings. The molecule has 0 spiro atoms. The Morgan fingerprint density at radius 3 is 2.76 bits per heavy atom. The lowest BCUT2D eigenvalue weighted by molar-refractivity contribution is 0.204. The van der Waals surface area contributed by atoms with Crippen molar-refractivity contribution in [3.8, 4) is 22.6 Å². The normalized spacial score (nSPS) is 15.7. The summed E-state index contributed by atoms with van der Waals surface area (Å²) in [6.07, 6.45) is 0.282. The standard InChI is InChI=1S/C18H18BrNO4S/c1-11(19)8-17-14-9-12(10-25(20,21)22)6-7-13(14)18-15(23-2)4-3-5-16(18)24-17/h3-7,9,17H,1,8,10H2,2H3,(H2,20,21,22). The zero-order valence-electron chi connectivity index (χ0n) is 13.7. The molecule has 3 rings (SSSR count). The van der Waals surface area contributed by atoms with E-state index in [2.05, 4.69) is 22.5 Å². The zero-order valence-corrected chi connectivity index (χ0v) is 16.1. The number of fused-ring (bicyclic) bond motifs is 3. The summed E-state index contributed by atoms with van der Waals surface area (Å²) in [5, 5.41) is 5.18. The van der Waals surface area contributed by atoms with Crippen molar-refractivity contribution in [3.63, 3.8) is 0 Å². The van der Waals surface area contributed by atoms with Crippen molar-refractivity contribution in [2.75, 3.05) is 7.11 Å². The lowest BCUT2D eigenvalue weighted by atomic mass is 9.89. The molecule has 2 N–H and O–H groups in total. The van der Waals surface area contributed by atoms with E-state index in [9.17, 15) is 8.42 Å². The molecule has 1 aliphatic heterocycles. The van der Waals surface area contributed by atoms with Gasteiger partial charge in [-0.3, -0.25) is 0 Å². The molecule has 5 nitrogen and oxygen atoms in total. The van der Waals surface area contributed by atoms with Crippen molar-refractivity contribution in [1.82, 2.24) is 0 Å². The van der Waals surface area contributed by atoms with Gasteiger partial charge >= 0.3 is 0 Å². The maximum atomic E-state index is 11.4. The van der Waals surface area contributed by atoms with E-state index >= 15 is 0 Å². The Morgan fingerprint density at radius 1 is 1.36 bits per heavy atom. The number of sulfonamides is 1. The molecule has 1 unspecified atom stereocenters. The molecule has 25 heavy (non-hydrogen) atoms. The minimum absolute atomic E-state index is 0.221. The maximum Gasteiger partial charge on any atom is 0.213 e. The summed E-state index contributed by atoms with van der Waals surface area (Å²) >= 11 is 3.38. The van der Waals surface area contributed by atoms with Crippen molar-refractivity contribution < 1.29 is 17.9 Å². The van der Waals surface area contributed by atoms with Crippen molar-refractivity contribution in [2.24, 2.45) is 5.14 Å². The fourth-order valence-corrected chi connectivity index (χ4v) is 3.98. The lowest BCUT2D eigenvalue weighted by Crippen LogP contribution is -2.17. The number of nitrogens with two attached hydrogens (primary N) is 1. The average molecular weight is 424 g/mol. The van der Waals surface area contributed by atoms with Crippen LogP contribution in [-0.2, 0) is 15.8 Å². The fraction of sp³-hybridized carbons (Fsp3) is 0.222. The van der Waals surface area contributed by atoms with Gasteiger partial charge in [0.25, 0.3) is 0 Å². The van der Waals surface area contributed by atoms with E-state index < -0.39 is 10.0 Å². The molecule has 7 heteroatoms. The van der Waals surface area contributed by atoms with Crippen LogP contribution in [-0.4, -0.2) is 15.5 Å². The maximum absolute atomic E-state index is 11.4. The monoisotopic (exact) mass is 423 g/mol. The molecular formula is C18H18BrNO4S. The third-order valence-corrected chi connectivity index (χ3v) is 5.04. The Labute approximate surface area is 155 Å². The molecule has 0 aliphatic carbocycles. The molecule has 0 aromatic heterocycles. The van der Waals surface area contributed by atoms with Crippen LogP contribution in [0.3, 0.4) is 0 Å². The number of hydrogen-bond acceptors (Lipinski definition) is 4. The lowest BCUT2D eigenvalue weighted by Gasteiger charge is -2.30. The first-order valence-electron chi connectivity index (χ1n) is 7.59. The van der Waals surface area contributed by atoms with Gasteiger partial charge in [0.05, 0.1) is 18.4 Å². The molecule has 0 amide bonds. The van der Waals surface area contributed by atoms with E-state index in [0.717, 1.165) is 26.9 Å². The first-order chi connectivity index (χ1) is 11.8. The zero-order chi connectivity index (χ0) is 18.2. The van der Waals surface area contributed by atoms with Crippen LogP contribution >= 0.6 is 15.9 Å². The highest BCUT2D eigenvalue weighted by Crippen LogP contribution is 2.48. The first-order valence-corrected chi connectivity index (χ1v) is 10.1. The highest BCUT2D eigenvalue weighted by Gasteiger charge is 2.29. The van der Waals surface area contributed by atoms with Crippen molar-refractivity contribution in [3.05, 3.63) is 58.6 Å². The molecule has 1 atom stereocenters. The second-order valence-electron chi connectivity index (χ2n) is 5.89. The van der Waals surface area contributed by atoms with Crippen LogP contribution in [0.25, 0.3) is 11.1 Å². The van der Waals surface area contributed by atoms with Gasteiger partial charge in [0, 0.05) is 12.0 Å². The summed E-state index contributed by atoms with van der Waals surface area (Å²) in [5.41, 5.74) is 3.32. The van der Waals surface area contributed by atoms with Crippen molar-refractivity contribution in [1.29, 1.82) is 0 Å². The van der Waals surface area contributed by atoms with E-state index in [1.807, 2.05) is 30.3 Å². The third kappa shape index (κ3) is 3.89. The average Bonchev–Trinajstić information content (AvgIpc) is 2.52. The van der Waals surface area contributed by atoms with Crippen LogP contribution in [0.15, 0.2) is 47.5 Å². The SMILES string of the molecule is C=C(Br)CC1Oc2cccc(OC)c2-c2ccc(CS(N)(=O)=O)cc21. The predicted octanol–water partition coefficient (Wildman–Crippen LogP) is 3.88. The predicted molar refractivity (Wildman–Crippen MR) is 101 cm³/mol. The van der Waals surface area contributed by atoms with Crippen LogP contribution in [0.2, 0.25) is 0 Å². The Balaban J connectivity index is 2.17. The quantitative estimate of drug-likeness (QED) is 0.790. The van der Waals surface area contributed by atoms with Crippen LogP contribution in [0.4, 0.5) is 0 Å². The van der Waals surface area contributed by atoms with Gasteiger partial charge in [0.1, 0.15) is 17.6 Å². The summed E-state index contributed by atoms with van der Waals surface area (Å²) in [4.78, 5) is 0. The fourth-order valence-electron chi connectivity index (χ4n) is 3.04. The smallest absolute Gasteiger partial charge is 0.213 e. The minimum atomic E-state index is -3.61. The Hall–Kier alpha value is -1.83. The number of primary sulfonamides is 1. The van der Waals surface area contributed by atoms with Gasteiger partial charge in [-0.25, -0.2) is 13.6 Å². The summed E-state index contributed by atoms with van der Waals surface area (Å²) in [7, 11) is -2.00. The van der Waals surface area contributed by atoms with E-state index in [-0.39, 0.29) is 11.9 Å². The summed E-state index contributed by atoms with van der Waals surface area (Å²) in [5.74, 6) is 1.21. The number of methoxy groups -OCH3 is 1. The van der Waals surface area contributed by atoms with E-state index in [0.29, 0.717) is 17.7 Å². The second kappa shape index (κ2) is 6.82. The molecule has 1 aliphatic rings. The van der Waals surface area contributed by atoms with Crippen LogP contribution in [0.1, 0.15) is 23.7 Å². The number of rotatable bonds is 5. The Morgan fingerprint density at radius 2 is 2.12 bits per heavy atom. The summed E-state index contributed by atoms with van der Waals surface area (Å²) < 4.78 is 35.3. The van der Waals surface area contributed by atoms with E-state index in [1.54, 1.807) is 13.2 Å². The van der Waals surface area contributed by atoms with Crippen molar-refractivity contribution in [2.45, 2.75) is 18.3 Å². The van der Waals surface area contributed by atoms with E-state index in [4.69, 9.17) is 14.6 Å². The van der Waals surface area contributed by atoms with Gasteiger partial charge in [0.15, 0.2) is 0 Å². The van der Waals surface area contributed by atoms with Gasteiger partial charge < -0.3 is 9.47 Å². The van der Waals surface area contributed by atoms with Gasteiger partial charge in [-0.15, -0.1) is 0 Å². The topological polar surface area (TPSA) is 78.6 Å². The van der Waals surface area contributed by atoms with Gasteiger partial charge in [0.2, 0.25) is 10.0 Å². The molecule has 0 bridgehead atoms. The summed E-state index contributed by atoms with van der Waals surface area (Å²) in [6.45, 7) is 3.89.